The molecule has 1 aromatic heterocycles. The summed E-state index contributed by atoms with van der Waals surface area (Å²) in [6.45, 7) is 12.0. The fourth-order valence-electron chi connectivity index (χ4n) is 4.52. The number of hydrogen-bond acceptors (Lipinski definition) is 3. The van der Waals surface area contributed by atoms with Gasteiger partial charge in [0.1, 0.15) is 0 Å². The Balaban J connectivity index is 0.000000710. The molecule has 36 heavy (non-hydrogen) atoms. The normalized spacial score (nSPS) is 17.8. The minimum Gasteiger partial charge on any atom is -0.284 e. The van der Waals surface area contributed by atoms with Gasteiger partial charge in [0.05, 0.1) is 34.9 Å². The van der Waals surface area contributed by atoms with Crippen LogP contribution in [-0.2, 0) is 12.8 Å². The number of benzene rings is 2. The van der Waals surface area contributed by atoms with Crippen LogP contribution in [0.1, 0.15) is 89.7 Å². The van der Waals surface area contributed by atoms with Crippen LogP contribution in [0.4, 0.5) is 0 Å². The lowest BCUT2D eigenvalue weighted by molar-refractivity contribution is 0.667. The monoisotopic (exact) mass is 483 g/mol. The first kappa shape index (κ1) is 29.2. The van der Waals surface area contributed by atoms with E-state index in [0.717, 1.165) is 61.3 Å². The van der Waals surface area contributed by atoms with E-state index < -0.39 is 0 Å². The summed E-state index contributed by atoms with van der Waals surface area (Å²) in [4.78, 5) is 15.0. The van der Waals surface area contributed by atoms with Gasteiger partial charge in [-0.05, 0) is 61.8 Å². The standard InChI is InChI=1S/C27H27N3.3C2H6/c1-3-8-20(9-4-1)18-22-14-16-26(28-22)24-12-7-13-25(30-24)27-17-15-23(29-27)19-21-10-5-2-6-11-21;3*1-2/h1-13,22-23H,14-19H2;3*1-2H3. The molecule has 3 aromatic rings. The largest absolute Gasteiger partial charge is 0.284 e. The van der Waals surface area contributed by atoms with E-state index in [1.165, 1.54) is 11.1 Å². The van der Waals surface area contributed by atoms with Gasteiger partial charge < -0.3 is 0 Å². The SMILES string of the molecule is CC.CC.CC.c1ccc(CC2CCC(c3cccc(C4=NC(Cc5ccccc5)CC4)n3)=N2)cc1. The highest BCUT2D eigenvalue weighted by Crippen LogP contribution is 2.24. The van der Waals surface area contributed by atoms with Crippen molar-refractivity contribution >= 4 is 11.4 Å². The fourth-order valence-corrected chi connectivity index (χ4v) is 4.52. The van der Waals surface area contributed by atoms with Gasteiger partial charge in [-0.25, -0.2) is 4.98 Å². The molecule has 0 aliphatic carbocycles. The molecule has 2 aromatic carbocycles. The van der Waals surface area contributed by atoms with Crippen LogP contribution < -0.4 is 0 Å². The van der Waals surface area contributed by atoms with Gasteiger partial charge in [-0.3, -0.25) is 9.98 Å². The van der Waals surface area contributed by atoms with E-state index in [4.69, 9.17) is 15.0 Å². The number of rotatable bonds is 6. The summed E-state index contributed by atoms with van der Waals surface area (Å²) in [6.07, 6.45) is 6.26. The lowest BCUT2D eigenvalue weighted by atomic mass is 10.0. The summed E-state index contributed by atoms with van der Waals surface area (Å²) in [5.41, 5.74) is 7.07. The van der Waals surface area contributed by atoms with E-state index in [1.54, 1.807) is 0 Å². The molecule has 0 radical (unpaired) electrons. The number of pyridine rings is 1. The number of aromatic nitrogens is 1. The molecule has 0 fully saturated rings. The average Bonchev–Trinajstić information content (AvgIpc) is 3.63. The zero-order valence-corrected chi connectivity index (χ0v) is 23.2. The molecule has 3 heteroatoms. The van der Waals surface area contributed by atoms with Crippen LogP contribution in [0.5, 0.6) is 0 Å². The molecular weight excluding hydrogens is 438 g/mol. The third kappa shape index (κ3) is 8.55. The lowest BCUT2D eigenvalue weighted by Crippen LogP contribution is -2.07. The number of nitrogens with zero attached hydrogens (tertiary/aromatic N) is 3. The van der Waals surface area contributed by atoms with E-state index in [0.29, 0.717) is 12.1 Å². The summed E-state index contributed by atoms with van der Waals surface area (Å²) in [5, 5.41) is 0. The van der Waals surface area contributed by atoms with Gasteiger partial charge in [-0.2, -0.15) is 0 Å². The Kier molecular flexibility index (Phi) is 13.4. The predicted octanol–water partition coefficient (Wildman–Crippen LogP) is 8.55. The van der Waals surface area contributed by atoms with Gasteiger partial charge in [-0.1, -0.05) is 108 Å². The van der Waals surface area contributed by atoms with Crippen LogP contribution in [-0.4, -0.2) is 28.5 Å². The molecule has 0 N–H and O–H groups in total. The van der Waals surface area contributed by atoms with E-state index in [9.17, 15) is 0 Å². The molecule has 0 amide bonds. The first-order valence-electron chi connectivity index (χ1n) is 14.0. The van der Waals surface area contributed by atoms with Crippen LogP contribution in [0.2, 0.25) is 0 Å². The van der Waals surface area contributed by atoms with Crippen molar-refractivity contribution in [3.8, 4) is 0 Å². The van der Waals surface area contributed by atoms with Crippen LogP contribution in [0.3, 0.4) is 0 Å². The molecule has 3 nitrogen and oxygen atoms in total. The third-order valence-electron chi connectivity index (χ3n) is 6.07. The first-order chi connectivity index (χ1) is 17.8. The second-order valence-electron chi connectivity index (χ2n) is 8.32. The minimum absolute atomic E-state index is 0.368. The molecule has 192 valence electrons. The van der Waals surface area contributed by atoms with Crippen molar-refractivity contribution < 1.29 is 0 Å². The molecule has 3 heterocycles. The summed E-state index contributed by atoms with van der Waals surface area (Å²) in [5.74, 6) is 0. The maximum Gasteiger partial charge on any atom is 0.0848 e. The number of aliphatic imine (C=N–C) groups is 2. The Bertz CT molecular complexity index is 972. The lowest BCUT2D eigenvalue weighted by Gasteiger charge is -2.06. The fraction of sp³-hybridized carbons (Fsp3) is 0.424. The zero-order valence-electron chi connectivity index (χ0n) is 23.2. The van der Waals surface area contributed by atoms with Crippen molar-refractivity contribution in [1.82, 2.24) is 4.98 Å². The van der Waals surface area contributed by atoms with Crippen LogP contribution in [0.15, 0.2) is 88.8 Å². The number of hydrogen-bond donors (Lipinski definition) is 0. The van der Waals surface area contributed by atoms with Crippen molar-refractivity contribution in [2.75, 3.05) is 0 Å². The van der Waals surface area contributed by atoms with Gasteiger partial charge in [0, 0.05) is 0 Å². The molecule has 0 spiro atoms. The Hall–Kier alpha value is -3.07. The van der Waals surface area contributed by atoms with Crippen molar-refractivity contribution in [3.63, 3.8) is 0 Å². The van der Waals surface area contributed by atoms with Crippen LogP contribution in [0, 0.1) is 0 Å². The van der Waals surface area contributed by atoms with Crippen molar-refractivity contribution in [2.45, 2.75) is 92.2 Å². The van der Waals surface area contributed by atoms with E-state index in [2.05, 4.69) is 78.9 Å². The van der Waals surface area contributed by atoms with Crippen molar-refractivity contribution in [3.05, 3.63) is 101 Å². The van der Waals surface area contributed by atoms with Gasteiger partial charge in [-0.15, -0.1) is 0 Å². The zero-order chi connectivity index (χ0) is 26.2. The van der Waals surface area contributed by atoms with Crippen molar-refractivity contribution in [1.29, 1.82) is 0 Å². The Morgan fingerprint density at radius 3 is 1.31 bits per heavy atom. The summed E-state index contributed by atoms with van der Waals surface area (Å²) in [6, 6.07) is 28.4. The predicted molar refractivity (Wildman–Crippen MR) is 158 cm³/mol. The second kappa shape index (κ2) is 16.6. The van der Waals surface area contributed by atoms with Gasteiger partial charge in [0.2, 0.25) is 0 Å². The Morgan fingerprint density at radius 1 is 0.528 bits per heavy atom. The van der Waals surface area contributed by atoms with Crippen LogP contribution >= 0.6 is 0 Å². The summed E-state index contributed by atoms with van der Waals surface area (Å²) >= 11 is 0. The molecule has 0 saturated carbocycles. The second-order valence-corrected chi connectivity index (χ2v) is 8.32. The highest BCUT2D eigenvalue weighted by Gasteiger charge is 2.22. The third-order valence-corrected chi connectivity index (χ3v) is 6.07. The average molecular weight is 484 g/mol. The maximum absolute atomic E-state index is 5.01. The molecule has 2 aliphatic rings. The maximum atomic E-state index is 5.01. The molecule has 0 saturated heterocycles. The molecule has 5 rings (SSSR count). The van der Waals surface area contributed by atoms with Gasteiger partial charge in [0.15, 0.2) is 0 Å². The first-order valence-corrected chi connectivity index (χ1v) is 14.0. The Labute approximate surface area is 219 Å². The molecule has 2 unspecified atom stereocenters. The summed E-state index contributed by atoms with van der Waals surface area (Å²) in [7, 11) is 0. The van der Waals surface area contributed by atoms with Crippen LogP contribution in [0.25, 0.3) is 0 Å². The summed E-state index contributed by atoms with van der Waals surface area (Å²) < 4.78 is 0. The molecule has 2 aliphatic heterocycles. The minimum atomic E-state index is 0.368. The van der Waals surface area contributed by atoms with Gasteiger partial charge >= 0.3 is 0 Å². The highest BCUT2D eigenvalue weighted by molar-refractivity contribution is 6.03. The van der Waals surface area contributed by atoms with E-state index >= 15 is 0 Å². The molecule has 0 bridgehead atoms. The highest BCUT2D eigenvalue weighted by atomic mass is 14.9. The molecule has 2 atom stereocenters. The molecular formula is C33H45N3. The van der Waals surface area contributed by atoms with Crippen molar-refractivity contribution in [2.24, 2.45) is 9.98 Å². The van der Waals surface area contributed by atoms with Gasteiger partial charge in [0.25, 0.3) is 0 Å². The van der Waals surface area contributed by atoms with E-state index in [1.807, 2.05) is 41.5 Å². The quantitative estimate of drug-likeness (QED) is 0.346. The smallest absolute Gasteiger partial charge is 0.0848 e. The van der Waals surface area contributed by atoms with E-state index in [-0.39, 0.29) is 0 Å². The topological polar surface area (TPSA) is 37.6 Å². The Morgan fingerprint density at radius 2 is 0.917 bits per heavy atom.